The summed E-state index contributed by atoms with van der Waals surface area (Å²) in [6, 6.07) is 5.73. The average molecular weight is 312 g/mol. The molecule has 116 valence electrons. The summed E-state index contributed by atoms with van der Waals surface area (Å²) >= 11 is 0. The van der Waals surface area contributed by atoms with Gasteiger partial charge in [-0.1, -0.05) is 0 Å². The van der Waals surface area contributed by atoms with E-state index in [1.807, 2.05) is 0 Å². The second-order valence-corrected chi connectivity index (χ2v) is 4.28. The van der Waals surface area contributed by atoms with Gasteiger partial charge in [-0.2, -0.15) is 13.2 Å². The number of rotatable bonds is 4. The Morgan fingerprint density at radius 3 is 2.64 bits per heavy atom. The van der Waals surface area contributed by atoms with E-state index in [1.54, 1.807) is 0 Å². The highest BCUT2D eigenvalue weighted by Gasteiger charge is 2.31. The van der Waals surface area contributed by atoms with Crippen LogP contribution in [0.5, 0.6) is 5.75 Å². The number of nitrogens with zero attached hydrogens (tertiary/aromatic N) is 1. The summed E-state index contributed by atoms with van der Waals surface area (Å²) in [5.74, 6) is -1.31. The Morgan fingerprint density at radius 2 is 2.05 bits per heavy atom. The van der Waals surface area contributed by atoms with Crippen LogP contribution >= 0.6 is 0 Å². The molecule has 0 amide bonds. The van der Waals surface area contributed by atoms with Crippen molar-refractivity contribution in [3.05, 3.63) is 47.7 Å². The number of hydrogen-bond donors (Lipinski definition) is 2. The molecule has 0 aliphatic heterocycles. The number of ether oxygens (including phenoxy) is 1. The van der Waals surface area contributed by atoms with E-state index < -0.39 is 17.7 Å². The second-order valence-electron chi connectivity index (χ2n) is 4.28. The zero-order valence-corrected chi connectivity index (χ0v) is 11.3. The van der Waals surface area contributed by atoms with Crippen molar-refractivity contribution in [1.29, 1.82) is 0 Å². The van der Waals surface area contributed by atoms with Crippen LogP contribution in [0.4, 0.5) is 24.7 Å². The third-order valence-corrected chi connectivity index (χ3v) is 2.77. The number of alkyl halides is 3. The van der Waals surface area contributed by atoms with E-state index in [4.69, 9.17) is 9.84 Å². The second kappa shape index (κ2) is 5.92. The van der Waals surface area contributed by atoms with E-state index in [0.717, 1.165) is 12.1 Å². The first-order chi connectivity index (χ1) is 10.3. The number of aromatic carboxylic acids is 1. The summed E-state index contributed by atoms with van der Waals surface area (Å²) in [6.07, 6.45) is -3.22. The number of anilines is 2. The van der Waals surface area contributed by atoms with Gasteiger partial charge in [0, 0.05) is 18.0 Å². The fourth-order valence-electron chi connectivity index (χ4n) is 1.77. The zero-order valence-electron chi connectivity index (χ0n) is 11.3. The Morgan fingerprint density at radius 1 is 1.32 bits per heavy atom. The van der Waals surface area contributed by atoms with Crippen molar-refractivity contribution in [2.75, 3.05) is 12.4 Å². The molecule has 0 bridgehead atoms. The number of benzene rings is 1. The molecule has 0 aliphatic rings. The SMILES string of the molecule is COc1cc(Nc2ncccc2C(=O)O)cc(C(F)(F)F)c1. The standard InChI is InChI=1S/C14H11F3N2O3/c1-22-10-6-8(14(15,16)17)5-9(7-10)19-12-11(13(20)21)3-2-4-18-12/h2-7H,1H3,(H,18,19)(H,20,21). The number of pyridine rings is 1. The van der Waals surface area contributed by atoms with Gasteiger partial charge in [0.15, 0.2) is 0 Å². The van der Waals surface area contributed by atoms with Crippen LogP contribution in [0.3, 0.4) is 0 Å². The lowest BCUT2D eigenvalue weighted by Gasteiger charge is -2.13. The van der Waals surface area contributed by atoms with Crippen molar-refractivity contribution in [3.8, 4) is 5.75 Å². The first-order valence-corrected chi connectivity index (χ1v) is 6.03. The number of carboxylic acids is 1. The molecule has 0 spiro atoms. The monoisotopic (exact) mass is 312 g/mol. The number of carbonyl (C=O) groups is 1. The highest BCUT2D eigenvalue weighted by Crippen LogP contribution is 2.35. The molecule has 2 N–H and O–H groups in total. The number of methoxy groups -OCH3 is 1. The molecule has 0 saturated carbocycles. The summed E-state index contributed by atoms with van der Waals surface area (Å²) in [5.41, 5.74) is -1.05. The van der Waals surface area contributed by atoms with Gasteiger partial charge in [0.2, 0.25) is 0 Å². The van der Waals surface area contributed by atoms with Crippen LogP contribution in [0.1, 0.15) is 15.9 Å². The number of aromatic nitrogens is 1. The van der Waals surface area contributed by atoms with Crippen LogP contribution < -0.4 is 10.1 Å². The molecule has 0 atom stereocenters. The van der Waals surface area contributed by atoms with Gasteiger partial charge in [-0.15, -0.1) is 0 Å². The smallest absolute Gasteiger partial charge is 0.416 e. The minimum Gasteiger partial charge on any atom is -0.497 e. The van der Waals surface area contributed by atoms with Crippen LogP contribution in [0.15, 0.2) is 36.5 Å². The summed E-state index contributed by atoms with van der Waals surface area (Å²) < 4.78 is 43.3. The normalized spacial score (nSPS) is 11.1. The van der Waals surface area contributed by atoms with Gasteiger partial charge in [0.05, 0.1) is 12.7 Å². The van der Waals surface area contributed by atoms with Gasteiger partial charge in [-0.25, -0.2) is 9.78 Å². The van der Waals surface area contributed by atoms with E-state index in [0.29, 0.717) is 0 Å². The van der Waals surface area contributed by atoms with Crippen LogP contribution in [0.25, 0.3) is 0 Å². The van der Waals surface area contributed by atoms with Crippen molar-refractivity contribution < 1.29 is 27.8 Å². The first-order valence-electron chi connectivity index (χ1n) is 6.03. The van der Waals surface area contributed by atoms with Gasteiger partial charge in [-0.3, -0.25) is 0 Å². The predicted molar refractivity (Wildman–Crippen MR) is 72.5 cm³/mol. The molecule has 1 heterocycles. The minimum atomic E-state index is -4.55. The van der Waals surface area contributed by atoms with E-state index in [1.165, 1.54) is 31.5 Å². The zero-order chi connectivity index (χ0) is 16.3. The topological polar surface area (TPSA) is 71.5 Å². The number of halogens is 3. The summed E-state index contributed by atoms with van der Waals surface area (Å²) in [4.78, 5) is 14.9. The van der Waals surface area contributed by atoms with Gasteiger partial charge in [0.25, 0.3) is 0 Å². The fourth-order valence-corrected chi connectivity index (χ4v) is 1.77. The Bertz CT molecular complexity index is 702. The minimum absolute atomic E-state index is 0.00914. The van der Waals surface area contributed by atoms with Crippen LogP contribution in [-0.2, 0) is 6.18 Å². The Labute approximate surface area is 123 Å². The summed E-state index contributed by atoms with van der Waals surface area (Å²) in [5, 5.41) is 11.6. The molecule has 0 fully saturated rings. The number of carboxylic acid groups (broad SMARTS) is 1. The van der Waals surface area contributed by atoms with Crippen molar-refractivity contribution in [3.63, 3.8) is 0 Å². The maximum Gasteiger partial charge on any atom is 0.416 e. The highest BCUT2D eigenvalue weighted by atomic mass is 19.4. The molecule has 8 heteroatoms. The molecule has 0 radical (unpaired) electrons. The Kier molecular flexibility index (Phi) is 4.20. The lowest BCUT2D eigenvalue weighted by molar-refractivity contribution is -0.137. The molecule has 5 nitrogen and oxygen atoms in total. The first kappa shape index (κ1) is 15.6. The lowest BCUT2D eigenvalue weighted by atomic mass is 10.1. The summed E-state index contributed by atoms with van der Waals surface area (Å²) in [6.45, 7) is 0. The van der Waals surface area contributed by atoms with E-state index in [-0.39, 0.29) is 22.8 Å². The molecule has 0 unspecified atom stereocenters. The van der Waals surface area contributed by atoms with Gasteiger partial charge in [-0.05, 0) is 24.3 Å². The molecule has 1 aromatic carbocycles. The number of hydrogen-bond acceptors (Lipinski definition) is 4. The Hall–Kier alpha value is -2.77. The third kappa shape index (κ3) is 3.46. The van der Waals surface area contributed by atoms with Crippen LogP contribution in [0.2, 0.25) is 0 Å². The van der Waals surface area contributed by atoms with Gasteiger partial charge < -0.3 is 15.2 Å². The maximum absolute atomic E-state index is 12.8. The maximum atomic E-state index is 12.8. The molecule has 0 aliphatic carbocycles. The third-order valence-electron chi connectivity index (χ3n) is 2.77. The van der Waals surface area contributed by atoms with Crippen molar-refractivity contribution in [1.82, 2.24) is 4.98 Å². The summed E-state index contributed by atoms with van der Waals surface area (Å²) in [7, 11) is 1.24. The molecular weight excluding hydrogens is 301 g/mol. The van der Waals surface area contributed by atoms with Crippen LogP contribution in [-0.4, -0.2) is 23.2 Å². The molecular formula is C14H11F3N2O3. The predicted octanol–water partition coefficient (Wildman–Crippen LogP) is 3.55. The molecule has 2 rings (SSSR count). The van der Waals surface area contributed by atoms with Crippen molar-refractivity contribution >= 4 is 17.5 Å². The van der Waals surface area contributed by atoms with Crippen LogP contribution in [0, 0.1) is 0 Å². The average Bonchev–Trinajstić information content (AvgIpc) is 2.46. The van der Waals surface area contributed by atoms with Gasteiger partial charge >= 0.3 is 12.1 Å². The highest BCUT2D eigenvalue weighted by molar-refractivity contribution is 5.93. The van der Waals surface area contributed by atoms with E-state index >= 15 is 0 Å². The fraction of sp³-hybridized carbons (Fsp3) is 0.143. The largest absolute Gasteiger partial charge is 0.497 e. The van der Waals surface area contributed by atoms with Crippen molar-refractivity contribution in [2.45, 2.75) is 6.18 Å². The molecule has 22 heavy (non-hydrogen) atoms. The molecule has 0 saturated heterocycles. The van der Waals surface area contributed by atoms with Crippen molar-refractivity contribution in [2.24, 2.45) is 0 Å². The Balaban J connectivity index is 2.44. The molecule has 1 aromatic heterocycles. The van der Waals surface area contributed by atoms with Gasteiger partial charge in [0.1, 0.15) is 17.1 Å². The lowest BCUT2D eigenvalue weighted by Crippen LogP contribution is -2.08. The number of nitrogens with one attached hydrogen (secondary N) is 1. The molecule has 2 aromatic rings. The van der Waals surface area contributed by atoms with E-state index in [9.17, 15) is 18.0 Å². The quantitative estimate of drug-likeness (QED) is 0.903. The van der Waals surface area contributed by atoms with E-state index in [2.05, 4.69) is 10.3 Å².